The second-order valence-electron chi connectivity index (χ2n) is 4.61. The summed E-state index contributed by atoms with van der Waals surface area (Å²) in [6.45, 7) is 3.87. The summed E-state index contributed by atoms with van der Waals surface area (Å²) < 4.78 is 12.2. The highest BCUT2D eigenvalue weighted by Crippen LogP contribution is 2.09. The van der Waals surface area contributed by atoms with E-state index in [1.54, 1.807) is 24.9 Å². The van der Waals surface area contributed by atoms with Gasteiger partial charge in [0.05, 0.1) is 13.1 Å². The van der Waals surface area contributed by atoms with Gasteiger partial charge in [-0.15, -0.1) is 0 Å². The number of rotatable bonds is 3. The molecule has 0 amide bonds. The lowest BCUT2D eigenvalue weighted by Gasteiger charge is -2.22. The zero-order valence-corrected chi connectivity index (χ0v) is 13.9. The molecule has 108 valence electrons. The monoisotopic (exact) mass is 389 g/mol. The molecule has 0 bridgehead atoms. The molecule has 1 heterocycles. The van der Waals surface area contributed by atoms with Crippen molar-refractivity contribution in [1.29, 1.82) is 0 Å². The highest BCUT2D eigenvalue weighted by molar-refractivity contribution is 14.1. The second-order valence-corrected chi connectivity index (χ2v) is 5.23. The number of allylic oxidation sites excluding steroid dienone is 5. The molecule has 0 atom stereocenters. The molecule has 20 heavy (non-hydrogen) atoms. The molecule has 0 spiro atoms. The van der Waals surface area contributed by atoms with E-state index in [1.807, 2.05) is 23.2 Å². The van der Waals surface area contributed by atoms with Gasteiger partial charge in [0, 0.05) is 0 Å². The minimum absolute atomic E-state index is 0.0748. The zero-order chi connectivity index (χ0) is 15.1. The van der Waals surface area contributed by atoms with Gasteiger partial charge in [0.2, 0.25) is 0 Å². The van der Waals surface area contributed by atoms with Crippen molar-refractivity contribution >= 4 is 41.6 Å². The van der Waals surface area contributed by atoms with Crippen molar-refractivity contribution in [2.45, 2.75) is 13.8 Å². The van der Waals surface area contributed by atoms with Crippen LogP contribution in [0.2, 0.25) is 0 Å². The fraction of sp³-hybridized carbons (Fsp3) is 0.385. The zero-order valence-electron chi connectivity index (χ0n) is 11.8. The molecule has 0 aromatic heterocycles. The standard InChI is InChI=1S/C13H17BINO4/c1-10(7-15)5-4-6-11(2)14-19-12(17)8-16(3)9-13(18)20-14/h4-7H,8-9H2,1-3H3/b5-4+,10-7+,11-6-. The van der Waals surface area contributed by atoms with Crippen molar-refractivity contribution < 1.29 is 18.9 Å². The third-order valence-corrected chi connectivity index (χ3v) is 3.52. The number of hydrogen-bond donors (Lipinski definition) is 0. The maximum absolute atomic E-state index is 11.6. The van der Waals surface area contributed by atoms with E-state index < -0.39 is 19.1 Å². The Morgan fingerprint density at radius 1 is 1.25 bits per heavy atom. The van der Waals surface area contributed by atoms with E-state index in [-0.39, 0.29) is 13.1 Å². The first-order valence-electron chi connectivity index (χ1n) is 6.11. The number of hydrogen-bond acceptors (Lipinski definition) is 5. The average molecular weight is 389 g/mol. The van der Waals surface area contributed by atoms with Gasteiger partial charge in [-0.1, -0.05) is 40.8 Å². The fourth-order valence-corrected chi connectivity index (χ4v) is 1.69. The van der Waals surface area contributed by atoms with Crippen molar-refractivity contribution in [2.75, 3.05) is 20.1 Å². The topological polar surface area (TPSA) is 55.8 Å². The van der Waals surface area contributed by atoms with E-state index in [0.717, 1.165) is 5.57 Å². The van der Waals surface area contributed by atoms with E-state index in [0.29, 0.717) is 5.47 Å². The first kappa shape index (κ1) is 17.0. The van der Waals surface area contributed by atoms with Crippen molar-refractivity contribution in [3.8, 4) is 0 Å². The highest BCUT2D eigenvalue weighted by atomic mass is 127. The summed E-state index contributed by atoms with van der Waals surface area (Å²) in [6.07, 6.45) is 5.50. The van der Waals surface area contributed by atoms with Crippen LogP contribution in [-0.4, -0.2) is 44.1 Å². The molecule has 0 unspecified atom stereocenters. The van der Waals surface area contributed by atoms with Crippen LogP contribution in [-0.2, 0) is 18.9 Å². The minimum Gasteiger partial charge on any atom is -0.495 e. The molecule has 1 aliphatic rings. The van der Waals surface area contributed by atoms with Gasteiger partial charge in [-0.25, -0.2) is 0 Å². The van der Waals surface area contributed by atoms with Crippen LogP contribution in [0, 0.1) is 0 Å². The molecule has 1 rings (SSSR count). The van der Waals surface area contributed by atoms with Gasteiger partial charge in [-0.3, -0.25) is 14.5 Å². The summed E-state index contributed by atoms with van der Waals surface area (Å²) in [4.78, 5) is 24.7. The van der Waals surface area contributed by atoms with Gasteiger partial charge < -0.3 is 9.31 Å². The van der Waals surface area contributed by atoms with Crippen molar-refractivity contribution in [2.24, 2.45) is 0 Å². The van der Waals surface area contributed by atoms with Crippen molar-refractivity contribution in [1.82, 2.24) is 4.90 Å². The average Bonchev–Trinajstić information content (AvgIpc) is 2.35. The summed E-state index contributed by atoms with van der Waals surface area (Å²) in [5.41, 5.74) is 1.76. The maximum Gasteiger partial charge on any atom is 0.631 e. The van der Waals surface area contributed by atoms with E-state index in [4.69, 9.17) is 9.31 Å². The third kappa shape index (κ3) is 5.91. The quantitative estimate of drug-likeness (QED) is 0.420. The van der Waals surface area contributed by atoms with E-state index in [9.17, 15) is 9.59 Å². The number of halogens is 1. The Morgan fingerprint density at radius 2 is 1.80 bits per heavy atom. The lowest BCUT2D eigenvalue weighted by molar-refractivity contribution is -0.145. The molecule has 7 heteroatoms. The van der Waals surface area contributed by atoms with Crippen molar-refractivity contribution in [3.05, 3.63) is 33.4 Å². The van der Waals surface area contributed by atoms with Crippen LogP contribution in [0.5, 0.6) is 0 Å². The van der Waals surface area contributed by atoms with Crippen LogP contribution in [0.1, 0.15) is 13.8 Å². The normalized spacial score (nSPS) is 19.7. The molecule has 1 aliphatic heterocycles. The Bertz CT molecular complexity index is 453. The first-order chi connectivity index (χ1) is 9.42. The van der Waals surface area contributed by atoms with Gasteiger partial charge in [0.15, 0.2) is 0 Å². The second kappa shape index (κ2) is 8.26. The van der Waals surface area contributed by atoms with E-state index in [1.165, 1.54) is 0 Å². The van der Waals surface area contributed by atoms with Gasteiger partial charge in [0.25, 0.3) is 0 Å². The number of carbonyl (C=O) groups excluding carboxylic acids is 2. The molecule has 0 aromatic rings. The van der Waals surface area contributed by atoms with Crippen LogP contribution >= 0.6 is 22.6 Å². The van der Waals surface area contributed by atoms with E-state index >= 15 is 0 Å². The van der Waals surface area contributed by atoms with Gasteiger partial charge in [0.1, 0.15) is 0 Å². The number of carbonyl (C=O) groups is 2. The Hall–Kier alpha value is -1.09. The summed E-state index contributed by atoms with van der Waals surface area (Å²) in [5.74, 6) is -0.824. The Labute approximate surface area is 133 Å². The first-order valence-corrected chi connectivity index (χ1v) is 7.36. The molecule has 5 nitrogen and oxygen atoms in total. The van der Waals surface area contributed by atoms with Crippen LogP contribution in [0.15, 0.2) is 33.4 Å². The Morgan fingerprint density at radius 3 is 2.30 bits per heavy atom. The lowest BCUT2D eigenvalue weighted by atomic mass is 9.78. The Kier molecular flexibility index (Phi) is 7.01. The molecule has 1 fully saturated rings. The molecule has 0 radical (unpaired) electrons. The molecular formula is C13H17BINO4. The molecular weight excluding hydrogens is 372 g/mol. The summed E-state index contributed by atoms with van der Waals surface area (Å²) >= 11 is 2.15. The summed E-state index contributed by atoms with van der Waals surface area (Å²) in [7, 11) is 0.713. The van der Waals surface area contributed by atoms with Gasteiger partial charge in [-0.2, -0.15) is 0 Å². The minimum atomic E-state index is -0.947. The summed E-state index contributed by atoms with van der Waals surface area (Å²) in [6, 6.07) is 0. The molecule has 1 saturated heterocycles. The highest BCUT2D eigenvalue weighted by Gasteiger charge is 2.33. The van der Waals surface area contributed by atoms with Gasteiger partial charge in [-0.05, 0) is 36.0 Å². The van der Waals surface area contributed by atoms with Crippen LogP contribution < -0.4 is 0 Å². The molecule has 0 saturated carbocycles. The molecule has 0 N–H and O–H groups in total. The van der Waals surface area contributed by atoms with Crippen molar-refractivity contribution in [3.63, 3.8) is 0 Å². The van der Waals surface area contributed by atoms with Crippen LogP contribution in [0.25, 0.3) is 0 Å². The molecule has 0 aliphatic carbocycles. The third-order valence-electron chi connectivity index (χ3n) is 2.54. The Balaban J connectivity index is 2.76. The fourth-order valence-electron chi connectivity index (χ4n) is 1.49. The predicted molar refractivity (Wildman–Crippen MR) is 86.1 cm³/mol. The predicted octanol–water partition coefficient (Wildman–Crippen LogP) is 1.89. The lowest BCUT2D eigenvalue weighted by Crippen LogP contribution is -2.43. The van der Waals surface area contributed by atoms with Crippen LogP contribution in [0.4, 0.5) is 0 Å². The van der Waals surface area contributed by atoms with Gasteiger partial charge >= 0.3 is 19.1 Å². The maximum atomic E-state index is 11.6. The largest absolute Gasteiger partial charge is 0.631 e. The van der Waals surface area contributed by atoms with E-state index in [2.05, 4.69) is 22.6 Å². The van der Waals surface area contributed by atoms with Crippen LogP contribution in [0.3, 0.4) is 0 Å². The smallest absolute Gasteiger partial charge is 0.495 e. The molecule has 0 aromatic carbocycles. The SMILES string of the molecule is CC(/C=C/C=C(/C)B1OC(=O)CN(C)CC(=O)O1)=C\I. The number of likely N-dealkylation sites (N-methyl/N-ethyl adjacent to an activating group) is 1. The number of nitrogens with zero attached hydrogens (tertiary/aromatic N) is 1. The summed E-state index contributed by atoms with van der Waals surface area (Å²) in [5, 5.41) is 0.